The Balaban J connectivity index is 1.80. The maximum Gasteiger partial charge on any atom is 0.329 e. The molecule has 3 rings (SSSR count). The van der Waals surface area contributed by atoms with E-state index in [9.17, 15) is 9.59 Å². The summed E-state index contributed by atoms with van der Waals surface area (Å²) < 4.78 is 8.84. The molecule has 0 saturated carbocycles. The molecule has 27 heavy (non-hydrogen) atoms. The van der Waals surface area contributed by atoms with Crippen molar-refractivity contribution in [2.45, 2.75) is 44.3 Å². The van der Waals surface area contributed by atoms with E-state index in [1.807, 2.05) is 4.57 Å². The van der Waals surface area contributed by atoms with E-state index in [-0.39, 0.29) is 5.56 Å². The number of thioether (sulfide) groups is 1. The highest BCUT2D eigenvalue weighted by molar-refractivity contribution is 7.99. The molecule has 0 atom stereocenters. The number of hydrogen-bond donors (Lipinski definition) is 2. The molecule has 0 radical (unpaired) electrons. The van der Waals surface area contributed by atoms with Crippen LogP contribution in [0.3, 0.4) is 0 Å². The smallest absolute Gasteiger partial charge is 0.329 e. The van der Waals surface area contributed by atoms with Crippen LogP contribution in [-0.2, 0) is 18.3 Å². The number of aromatic amines is 1. The minimum atomic E-state index is -0.419. The van der Waals surface area contributed by atoms with Gasteiger partial charge in [0.05, 0.1) is 25.5 Å². The molecule has 0 spiro atoms. The lowest BCUT2D eigenvalue weighted by molar-refractivity contribution is -0.905. The summed E-state index contributed by atoms with van der Waals surface area (Å²) in [5.74, 6) is 0.930. The zero-order valence-electron chi connectivity index (χ0n) is 16.3. The summed E-state index contributed by atoms with van der Waals surface area (Å²) >= 11 is 1.68. The van der Waals surface area contributed by atoms with Crippen molar-refractivity contribution in [3.05, 3.63) is 20.8 Å². The van der Waals surface area contributed by atoms with Crippen LogP contribution in [0.2, 0.25) is 0 Å². The molecule has 2 aromatic rings. The minimum absolute atomic E-state index is 0.346. The maximum absolute atomic E-state index is 12.4. The molecule has 1 aliphatic rings. The van der Waals surface area contributed by atoms with Gasteiger partial charge in [0.2, 0.25) is 0 Å². The Hall–Kier alpha value is -1.58. The van der Waals surface area contributed by atoms with Crippen LogP contribution < -0.4 is 16.1 Å². The molecule has 8 nitrogen and oxygen atoms in total. The average molecular weight is 397 g/mol. The number of aryl methyl sites for hydroxylation is 2. The second-order valence-corrected chi connectivity index (χ2v) is 8.12. The van der Waals surface area contributed by atoms with Gasteiger partial charge in [-0.15, -0.1) is 0 Å². The van der Waals surface area contributed by atoms with E-state index in [1.54, 1.807) is 23.7 Å². The van der Waals surface area contributed by atoms with Crippen molar-refractivity contribution in [1.82, 2.24) is 19.1 Å². The van der Waals surface area contributed by atoms with E-state index in [0.29, 0.717) is 11.2 Å². The monoisotopic (exact) mass is 396 g/mol. The van der Waals surface area contributed by atoms with Gasteiger partial charge in [0.15, 0.2) is 16.3 Å². The number of imidazole rings is 1. The van der Waals surface area contributed by atoms with Gasteiger partial charge in [-0.05, 0) is 6.42 Å². The first kappa shape index (κ1) is 20.2. The summed E-state index contributed by atoms with van der Waals surface area (Å²) in [7, 11) is 1.65. The topological polar surface area (TPSA) is 86.3 Å². The van der Waals surface area contributed by atoms with Crippen molar-refractivity contribution in [1.29, 1.82) is 0 Å². The van der Waals surface area contributed by atoms with Gasteiger partial charge in [-0.1, -0.05) is 37.9 Å². The van der Waals surface area contributed by atoms with E-state index in [0.717, 1.165) is 63.1 Å². The third kappa shape index (κ3) is 4.83. The highest BCUT2D eigenvalue weighted by atomic mass is 32.2. The van der Waals surface area contributed by atoms with Crippen molar-refractivity contribution in [2.75, 3.05) is 38.6 Å². The van der Waals surface area contributed by atoms with Crippen molar-refractivity contribution >= 4 is 22.9 Å². The summed E-state index contributed by atoms with van der Waals surface area (Å²) in [4.78, 5) is 33.0. The van der Waals surface area contributed by atoms with Crippen LogP contribution in [0.5, 0.6) is 0 Å². The summed E-state index contributed by atoms with van der Waals surface area (Å²) in [5, 5.41) is 0.834. The van der Waals surface area contributed by atoms with Gasteiger partial charge in [-0.25, -0.2) is 9.78 Å². The van der Waals surface area contributed by atoms with Gasteiger partial charge in [-0.2, -0.15) is 0 Å². The second-order valence-electron chi connectivity index (χ2n) is 7.06. The Labute approximate surface area is 162 Å². The SMILES string of the molecule is CCCCCCn1c(SCC[NH+]2CCOCC2)nc2c1c(=O)[nH]c(=O)n2C. The summed E-state index contributed by atoms with van der Waals surface area (Å²) in [5.41, 5.74) is 0.217. The average Bonchev–Trinajstić information content (AvgIpc) is 3.03. The van der Waals surface area contributed by atoms with Gasteiger partial charge in [-0.3, -0.25) is 14.3 Å². The van der Waals surface area contributed by atoms with Crippen LogP contribution in [0.1, 0.15) is 32.6 Å². The quantitative estimate of drug-likeness (QED) is 0.461. The van der Waals surface area contributed by atoms with E-state index in [2.05, 4.69) is 16.9 Å². The number of unbranched alkanes of at least 4 members (excludes halogenated alkanes) is 3. The van der Waals surface area contributed by atoms with Crippen LogP contribution in [0.4, 0.5) is 0 Å². The number of morpholine rings is 1. The predicted octanol–water partition coefficient (Wildman–Crippen LogP) is 0.0108. The van der Waals surface area contributed by atoms with Gasteiger partial charge in [0, 0.05) is 13.6 Å². The lowest BCUT2D eigenvalue weighted by atomic mass is 10.2. The molecule has 0 amide bonds. The first-order valence-corrected chi connectivity index (χ1v) is 10.8. The number of ether oxygens (including phenoxy) is 1. The van der Waals surface area contributed by atoms with Crippen molar-refractivity contribution < 1.29 is 9.64 Å². The number of aromatic nitrogens is 4. The van der Waals surface area contributed by atoms with Crippen molar-refractivity contribution in [3.8, 4) is 0 Å². The zero-order chi connectivity index (χ0) is 19.2. The number of quaternary nitrogens is 1. The molecule has 1 saturated heterocycles. The molecule has 150 valence electrons. The largest absolute Gasteiger partial charge is 0.370 e. The van der Waals surface area contributed by atoms with Crippen LogP contribution in [0, 0.1) is 0 Å². The summed E-state index contributed by atoms with van der Waals surface area (Å²) in [6, 6.07) is 0. The zero-order valence-corrected chi connectivity index (χ0v) is 17.1. The molecular weight excluding hydrogens is 366 g/mol. The van der Waals surface area contributed by atoms with E-state index < -0.39 is 5.69 Å². The molecule has 1 aliphatic heterocycles. The number of hydrogen-bond acceptors (Lipinski definition) is 5. The fourth-order valence-electron chi connectivity index (χ4n) is 3.43. The fraction of sp³-hybridized carbons (Fsp3) is 0.722. The normalized spacial score (nSPS) is 15.6. The van der Waals surface area contributed by atoms with E-state index in [4.69, 9.17) is 4.74 Å². The molecule has 3 heterocycles. The van der Waals surface area contributed by atoms with Crippen LogP contribution in [-0.4, -0.2) is 57.7 Å². The summed E-state index contributed by atoms with van der Waals surface area (Å²) in [6.07, 6.45) is 4.49. The van der Waals surface area contributed by atoms with Crippen molar-refractivity contribution in [2.24, 2.45) is 7.05 Å². The van der Waals surface area contributed by atoms with E-state index >= 15 is 0 Å². The van der Waals surface area contributed by atoms with Crippen LogP contribution >= 0.6 is 11.8 Å². The number of nitrogens with one attached hydrogen (secondary N) is 2. The molecule has 2 N–H and O–H groups in total. The Morgan fingerprint density at radius 2 is 2.00 bits per heavy atom. The van der Waals surface area contributed by atoms with Crippen LogP contribution in [0.15, 0.2) is 14.7 Å². The molecule has 1 fully saturated rings. The third-order valence-corrected chi connectivity index (χ3v) is 6.07. The number of H-pyrrole nitrogens is 1. The lowest BCUT2D eigenvalue weighted by Gasteiger charge is -2.23. The summed E-state index contributed by atoms with van der Waals surface area (Å²) in [6.45, 7) is 7.72. The van der Waals surface area contributed by atoms with Gasteiger partial charge in [0.25, 0.3) is 5.56 Å². The first-order chi connectivity index (χ1) is 13.1. The first-order valence-electron chi connectivity index (χ1n) is 9.85. The standard InChI is InChI=1S/C18H29N5O3S/c1-3-4-5-6-7-23-14-15(21(2)17(25)20-16(14)24)19-18(23)27-13-10-22-8-11-26-12-9-22/h3-13H2,1-2H3,(H,20,24,25)/p+1. The predicted molar refractivity (Wildman–Crippen MR) is 107 cm³/mol. The molecule has 0 bridgehead atoms. The number of fused-ring (bicyclic) bond motifs is 1. The fourth-order valence-corrected chi connectivity index (χ4v) is 4.49. The van der Waals surface area contributed by atoms with Gasteiger partial charge in [0.1, 0.15) is 13.1 Å². The second kappa shape index (κ2) is 9.57. The molecule has 0 unspecified atom stereocenters. The Morgan fingerprint density at radius 3 is 2.74 bits per heavy atom. The van der Waals surface area contributed by atoms with Gasteiger partial charge >= 0.3 is 5.69 Å². The minimum Gasteiger partial charge on any atom is -0.370 e. The van der Waals surface area contributed by atoms with Crippen molar-refractivity contribution in [3.63, 3.8) is 0 Å². The Morgan fingerprint density at radius 1 is 1.22 bits per heavy atom. The third-order valence-electron chi connectivity index (χ3n) is 5.09. The number of nitrogens with zero attached hydrogens (tertiary/aromatic N) is 3. The van der Waals surface area contributed by atoms with Gasteiger partial charge < -0.3 is 14.2 Å². The molecule has 0 aliphatic carbocycles. The van der Waals surface area contributed by atoms with Crippen LogP contribution in [0.25, 0.3) is 11.2 Å². The highest BCUT2D eigenvalue weighted by Crippen LogP contribution is 2.22. The Bertz CT molecular complexity index is 866. The maximum atomic E-state index is 12.4. The molecule has 2 aromatic heterocycles. The Kier molecular flexibility index (Phi) is 7.14. The molecular formula is C18H30N5O3S+. The van der Waals surface area contributed by atoms with E-state index in [1.165, 1.54) is 17.4 Å². The number of rotatable bonds is 9. The highest BCUT2D eigenvalue weighted by Gasteiger charge is 2.19. The molecule has 0 aromatic carbocycles. The lowest BCUT2D eigenvalue weighted by Crippen LogP contribution is -3.14. The molecule has 9 heteroatoms.